The van der Waals surface area contributed by atoms with Crippen LogP contribution in [0.25, 0.3) is 10.2 Å². The Morgan fingerprint density at radius 1 is 1.24 bits per heavy atom. The molecule has 6 nitrogen and oxygen atoms in total. The predicted octanol–water partition coefficient (Wildman–Crippen LogP) is 4.42. The number of thiophene rings is 1. The first kappa shape index (κ1) is 21.3. The normalized spacial score (nSPS) is 12.1. The van der Waals surface area contributed by atoms with Crippen molar-refractivity contribution in [1.29, 1.82) is 0 Å². The van der Waals surface area contributed by atoms with Gasteiger partial charge in [-0.2, -0.15) is 0 Å². The summed E-state index contributed by atoms with van der Waals surface area (Å²) in [5.41, 5.74) is 1.41. The molecular weight excluding hydrogens is 408 g/mol. The van der Waals surface area contributed by atoms with Gasteiger partial charge in [0.2, 0.25) is 0 Å². The number of hydrogen-bond donors (Lipinski definition) is 1. The van der Waals surface area contributed by atoms with Crippen molar-refractivity contribution >= 4 is 45.1 Å². The second-order valence-corrected chi connectivity index (χ2v) is 9.18. The van der Waals surface area contributed by atoms with Crippen LogP contribution in [0.3, 0.4) is 0 Å². The molecule has 0 aliphatic carbocycles. The zero-order valence-electron chi connectivity index (χ0n) is 16.7. The summed E-state index contributed by atoms with van der Waals surface area (Å²) in [5.74, 6) is 0.974. The first-order valence-electron chi connectivity index (χ1n) is 9.25. The number of Topliss-reactive ketones (excluding diaryl/α,β-unsaturated/α-hetero) is 1. The van der Waals surface area contributed by atoms with E-state index in [1.807, 2.05) is 13.8 Å². The second kappa shape index (κ2) is 8.92. The van der Waals surface area contributed by atoms with E-state index >= 15 is 0 Å². The van der Waals surface area contributed by atoms with Crippen molar-refractivity contribution in [2.75, 3.05) is 0 Å². The van der Waals surface area contributed by atoms with Gasteiger partial charge in [-0.1, -0.05) is 6.92 Å². The summed E-state index contributed by atoms with van der Waals surface area (Å²) in [5, 5.41) is 0.193. The quantitative estimate of drug-likeness (QED) is 0.339. The Morgan fingerprint density at radius 3 is 2.59 bits per heavy atom. The number of carbonyl (C=O) groups excluding carboxylic acids is 2. The number of rotatable bonds is 7. The summed E-state index contributed by atoms with van der Waals surface area (Å²) in [6.07, 6.45) is 0.430. The van der Waals surface area contributed by atoms with Gasteiger partial charge in [-0.05, 0) is 50.6 Å². The molecule has 1 unspecified atom stereocenters. The molecule has 0 saturated heterocycles. The molecular formula is C21H22N2O4S2. The van der Waals surface area contributed by atoms with Gasteiger partial charge in [0.15, 0.2) is 5.78 Å². The zero-order chi connectivity index (χ0) is 21.1. The number of thioether (sulfide) groups is 1. The number of H-pyrrole nitrogens is 1. The lowest BCUT2D eigenvalue weighted by atomic mass is 10.1. The summed E-state index contributed by atoms with van der Waals surface area (Å²) in [4.78, 5) is 45.5. The van der Waals surface area contributed by atoms with Crippen LogP contribution in [-0.2, 0) is 10.5 Å². The van der Waals surface area contributed by atoms with E-state index in [0.717, 1.165) is 15.3 Å². The number of fused-ring (bicyclic) bond motifs is 1. The fraction of sp³-hybridized carbons (Fsp3) is 0.333. The van der Waals surface area contributed by atoms with Crippen molar-refractivity contribution in [2.45, 2.75) is 45.1 Å². The lowest BCUT2D eigenvalue weighted by Crippen LogP contribution is -2.20. The second-order valence-electron chi connectivity index (χ2n) is 6.65. The minimum absolute atomic E-state index is 0.0430. The fourth-order valence-electron chi connectivity index (χ4n) is 2.75. The number of esters is 1. The molecule has 29 heavy (non-hydrogen) atoms. The summed E-state index contributed by atoms with van der Waals surface area (Å²) >= 11 is 2.84. The number of carbonyl (C=O) groups is 2. The van der Waals surface area contributed by atoms with Crippen LogP contribution in [0.1, 0.15) is 46.9 Å². The van der Waals surface area contributed by atoms with Crippen LogP contribution in [0.15, 0.2) is 29.1 Å². The van der Waals surface area contributed by atoms with E-state index in [1.165, 1.54) is 23.1 Å². The van der Waals surface area contributed by atoms with Crippen LogP contribution in [0.2, 0.25) is 0 Å². The van der Waals surface area contributed by atoms with Gasteiger partial charge in [-0.15, -0.1) is 23.1 Å². The predicted molar refractivity (Wildman–Crippen MR) is 117 cm³/mol. The van der Waals surface area contributed by atoms with E-state index in [0.29, 0.717) is 34.7 Å². The highest BCUT2D eigenvalue weighted by Crippen LogP contribution is 2.26. The Morgan fingerprint density at radius 2 is 1.93 bits per heavy atom. The summed E-state index contributed by atoms with van der Waals surface area (Å²) < 4.78 is 5.38. The Kier molecular flexibility index (Phi) is 6.54. The van der Waals surface area contributed by atoms with Crippen LogP contribution >= 0.6 is 23.1 Å². The minimum Gasteiger partial charge on any atom is -0.426 e. The number of nitrogens with zero attached hydrogens (tertiary/aromatic N) is 1. The number of hydrogen-bond acceptors (Lipinski definition) is 7. The first-order valence-corrected chi connectivity index (χ1v) is 11.1. The van der Waals surface area contributed by atoms with Gasteiger partial charge in [-0.25, -0.2) is 4.98 Å². The van der Waals surface area contributed by atoms with Gasteiger partial charge in [0.1, 0.15) is 21.7 Å². The maximum atomic E-state index is 12.3. The molecule has 1 aromatic carbocycles. The van der Waals surface area contributed by atoms with Crippen LogP contribution < -0.4 is 10.3 Å². The Bertz CT molecular complexity index is 1120. The highest BCUT2D eigenvalue weighted by atomic mass is 32.2. The van der Waals surface area contributed by atoms with E-state index < -0.39 is 11.2 Å². The standard InChI is InChI=1S/C21H22N2O4S2/c1-5-16(24)14-6-8-15(9-7-14)27-21(26)13(4)28-10-17-22-19(25)18-11(2)12(3)29-20(18)23-17/h6-9,13H,5,10H2,1-4H3,(H,22,23,25). The number of aryl methyl sites for hydroxylation is 2. The third kappa shape index (κ3) is 4.76. The lowest BCUT2D eigenvalue weighted by molar-refractivity contribution is -0.133. The summed E-state index contributed by atoms with van der Waals surface area (Å²) in [6.45, 7) is 7.44. The average molecular weight is 431 g/mol. The molecule has 2 aromatic heterocycles. The molecule has 3 aromatic rings. The third-order valence-electron chi connectivity index (χ3n) is 4.61. The van der Waals surface area contributed by atoms with Gasteiger partial charge in [0.25, 0.3) is 5.56 Å². The van der Waals surface area contributed by atoms with Crippen molar-refractivity contribution in [2.24, 2.45) is 0 Å². The van der Waals surface area contributed by atoms with Gasteiger partial charge in [0, 0.05) is 16.9 Å². The van der Waals surface area contributed by atoms with E-state index in [9.17, 15) is 14.4 Å². The zero-order valence-corrected chi connectivity index (χ0v) is 18.3. The van der Waals surface area contributed by atoms with E-state index in [1.54, 1.807) is 38.1 Å². The maximum Gasteiger partial charge on any atom is 0.324 e. The number of aromatic nitrogens is 2. The Balaban J connectivity index is 1.62. The molecule has 0 radical (unpaired) electrons. The van der Waals surface area contributed by atoms with E-state index in [4.69, 9.17) is 4.74 Å². The maximum absolute atomic E-state index is 12.3. The topological polar surface area (TPSA) is 89.1 Å². The van der Waals surface area contributed by atoms with Gasteiger partial charge in [-0.3, -0.25) is 14.4 Å². The minimum atomic E-state index is -0.445. The molecule has 152 valence electrons. The van der Waals surface area contributed by atoms with Crippen LogP contribution in [0.4, 0.5) is 0 Å². The van der Waals surface area contributed by atoms with E-state index in [-0.39, 0.29) is 11.3 Å². The number of ketones is 1. The fourth-order valence-corrected chi connectivity index (χ4v) is 4.53. The van der Waals surface area contributed by atoms with Crippen LogP contribution in [0.5, 0.6) is 5.75 Å². The number of benzene rings is 1. The van der Waals surface area contributed by atoms with Crippen molar-refractivity contribution in [3.8, 4) is 5.75 Å². The molecule has 2 heterocycles. The van der Waals surface area contributed by atoms with Crippen molar-refractivity contribution < 1.29 is 14.3 Å². The lowest BCUT2D eigenvalue weighted by Gasteiger charge is -2.11. The summed E-state index contributed by atoms with van der Waals surface area (Å²) in [7, 11) is 0. The van der Waals surface area contributed by atoms with Gasteiger partial charge in [0.05, 0.1) is 11.1 Å². The molecule has 3 rings (SSSR count). The molecule has 0 saturated carbocycles. The molecule has 0 aliphatic rings. The average Bonchev–Trinajstić information content (AvgIpc) is 3.00. The van der Waals surface area contributed by atoms with Gasteiger partial charge >= 0.3 is 5.97 Å². The molecule has 0 fully saturated rings. The van der Waals surface area contributed by atoms with Crippen molar-refractivity contribution in [3.05, 3.63) is 56.4 Å². The molecule has 8 heteroatoms. The highest BCUT2D eigenvalue weighted by molar-refractivity contribution is 7.99. The Labute approximate surface area is 176 Å². The Hall–Kier alpha value is -2.45. The van der Waals surface area contributed by atoms with Crippen molar-refractivity contribution in [3.63, 3.8) is 0 Å². The van der Waals surface area contributed by atoms with Crippen LogP contribution in [-0.4, -0.2) is 27.0 Å². The molecule has 0 spiro atoms. The molecule has 0 aliphatic heterocycles. The molecule has 1 N–H and O–H groups in total. The SMILES string of the molecule is CCC(=O)c1ccc(OC(=O)C(C)SCc2nc3sc(C)c(C)c3c(=O)[nH]2)cc1. The first-order chi connectivity index (χ1) is 13.8. The molecule has 1 atom stereocenters. The molecule has 0 amide bonds. The smallest absolute Gasteiger partial charge is 0.324 e. The number of ether oxygens (including phenoxy) is 1. The van der Waals surface area contributed by atoms with Crippen LogP contribution in [0, 0.1) is 13.8 Å². The number of nitrogens with one attached hydrogen (secondary N) is 1. The van der Waals surface area contributed by atoms with Crippen molar-refractivity contribution in [1.82, 2.24) is 9.97 Å². The monoisotopic (exact) mass is 430 g/mol. The van der Waals surface area contributed by atoms with Gasteiger partial charge < -0.3 is 9.72 Å². The van der Waals surface area contributed by atoms with E-state index in [2.05, 4.69) is 9.97 Å². The number of aromatic amines is 1. The highest BCUT2D eigenvalue weighted by Gasteiger charge is 2.18. The largest absolute Gasteiger partial charge is 0.426 e. The summed E-state index contributed by atoms with van der Waals surface area (Å²) in [6, 6.07) is 6.54. The third-order valence-corrected chi connectivity index (χ3v) is 6.84. The molecule has 0 bridgehead atoms.